The molecule has 3 rings (SSSR count). The molecule has 0 fully saturated rings. The number of hydrogen-bond donors (Lipinski definition) is 2. The molecule has 0 atom stereocenters. The molecule has 1 amide bonds. The minimum absolute atomic E-state index is 0.0855. The third-order valence-corrected chi connectivity index (χ3v) is 3.14. The first-order chi connectivity index (χ1) is 10.5. The quantitative estimate of drug-likeness (QED) is 0.438. The van der Waals surface area contributed by atoms with Crippen LogP contribution >= 0.6 is 0 Å². The number of rotatable bonds is 3. The van der Waals surface area contributed by atoms with E-state index >= 15 is 0 Å². The number of non-ortho nitro benzene ring substituents is 1. The van der Waals surface area contributed by atoms with Crippen LogP contribution in [0.15, 0.2) is 53.1 Å². The van der Waals surface area contributed by atoms with Crippen molar-refractivity contribution in [2.75, 3.05) is 5.32 Å². The summed E-state index contributed by atoms with van der Waals surface area (Å²) in [4.78, 5) is 22.5. The van der Waals surface area contributed by atoms with Crippen molar-refractivity contribution in [2.45, 2.75) is 0 Å². The van der Waals surface area contributed by atoms with Crippen molar-refractivity contribution in [1.29, 1.82) is 0 Å². The van der Waals surface area contributed by atoms with Gasteiger partial charge in [-0.3, -0.25) is 14.9 Å². The lowest BCUT2D eigenvalue weighted by Gasteiger charge is -2.03. The summed E-state index contributed by atoms with van der Waals surface area (Å²) in [6, 6.07) is 10.0. The molecule has 0 aliphatic rings. The van der Waals surface area contributed by atoms with Crippen LogP contribution in [0, 0.1) is 10.1 Å². The number of nitrogens with zero attached hydrogens (tertiary/aromatic N) is 1. The molecule has 1 aromatic heterocycles. The molecule has 22 heavy (non-hydrogen) atoms. The number of furan rings is 1. The number of nitro benzene ring substituents is 1. The van der Waals surface area contributed by atoms with Crippen molar-refractivity contribution >= 4 is 28.3 Å². The van der Waals surface area contributed by atoms with E-state index in [-0.39, 0.29) is 17.0 Å². The second kappa shape index (κ2) is 5.21. The van der Waals surface area contributed by atoms with E-state index in [1.54, 1.807) is 0 Å². The highest BCUT2D eigenvalue weighted by Gasteiger charge is 2.17. The first kappa shape index (κ1) is 13.6. The topological polar surface area (TPSA) is 106 Å². The highest BCUT2D eigenvalue weighted by atomic mass is 16.6. The average Bonchev–Trinajstić information content (AvgIpc) is 2.92. The molecular weight excluding hydrogens is 288 g/mol. The Labute approximate surface area is 123 Å². The third-order valence-electron chi connectivity index (χ3n) is 3.14. The molecule has 0 saturated heterocycles. The van der Waals surface area contributed by atoms with Gasteiger partial charge < -0.3 is 14.8 Å². The van der Waals surface area contributed by atoms with Crippen LogP contribution in [0.4, 0.5) is 11.4 Å². The van der Waals surface area contributed by atoms with Crippen molar-refractivity contribution < 1.29 is 19.2 Å². The van der Waals surface area contributed by atoms with Crippen LogP contribution in [-0.4, -0.2) is 15.9 Å². The van der Waals surface area contributed by atoms with Gasteiger partial charge in [0.2, 0.25) is 0 Å². The van der Waals surface area contributed by atoms with Gasteiger partial charge in [-0.25, -0.2) is 0 Å². The fourth-order valence-electron chi connectivity index (χ4n) is 2.05. The number of amides is 1. The molecule has 7 heteroatoms. The molecule has 0 aliphatic carbocycles. The van der Waals surface area contributed by atoms with Gasteiger partial charge in [0.1, 0.15) is 17.6 Å². The maximum absolute atomic E-state index is 12.3. The number of phenolic OH excluding ortho intramolecular Hbond substituents is 1. The largest absolute Gasteiger partial charge is 0.508 e. The van der Waals surface area contributed by atoms with Gasteiger partial charge in [0, 0.05) is 23.2 Å². The molecule has 0 saturated carbocycles. The first-order valence-corrected chi connectivity index (χ1v) is 6.30. The predicted molar refractivity (Wildman–Crippen MR) is 78.9 cm³/mol. The molecule has 0 bridgehead atoms. The predicted octanol–water partition coefficient (Wildman–Crippen LogP) is 3.30. The van der Waals surface area contributed by atoms with Crippen molar-refractivity contribution in [2.24, 2.45) is 0 Å². The molecular formula is C15H10N2O5. The van der Waals surface area contributed by atoms with E-state index in [0.29, 0.717) is 16.7 Å². The number of nitro groups is 1. The standard InChI is InChI=1S/C15H10N2O5/c18-11-4-1-9(2-5-11)16-15(19)13-8-22-14-6-3-10(17(20)21)7-12(13)14/h1-8,18H,(H,16,19). The van der Waals surface area contributed by atoms with E-state index < -0.39 is 10.8 Å². The lowest BCUT2D eigenvalue weighted by atomic mass is 10.1. The Kier molecular flexibility index (Phi) is 3.23. The number of phenols is 1. The Bertz CT molecular complexity index is 867. The van der Waals surface area contributed by atoms with E-state index in [1.165, 1.54) is 48.7 Å². The first-order valence-electron chi connectivity index (χ1n) is 6.30. The lowest BCUT2D eigenvalue weighted by Crippen LogP contribution is -2.11. The summed E-state index contributed by atoms with van der Waals surface area (Å²) in [5.41, 5.74) is 0.961. The zero-order valence-electron chi connectivity index (χ0n) is 11.1. The monoisotopic (exact) mass is 298 g/mol. The van der Waals surface area contributed by atoms with E-state index in [1.807, 2.05) is 0 Å². The summed E-state index contributed by atoms with van der Waals surface area (Å²) < 4.78 is 5.24. The van der Waals surface area contributed by atoms with Crippen LogP contribution in [0.3, 0.4) is 0 Å². The fourth-order valence-corrected chi connectivity index (χ4v) is 2.05. The number of fused-ring (bicyclic) bond motifs is 1. The third kappa shape index (κ3) is 2.47. The van der Waals surface area contributed by atoms with Crippen LogP contribution in [-0.2, 0) is 0 Å². The van der Waals surface area contributed by atoms with E-state index in [9.17, 15) is 20.0 Å². The molecule has 0 spiro atoms. The molecule has 2 N–H and O–H groups in total. The summed E-state index contributed by atoms with van der Waals surface area (Å²) in [5.74, 6) is -0.368. The number of aromatic hydroxyl groups is 1. The maximum atomic E-state index is 12.3. The summed E-state index contributed by atoms with van der Waals surface area (Å²) in [6.45, 7) is 0. The van der Waals surface area contributed by atoms with Gasteiger partial charge in [0.05, 0.1) is 10.5 Å². The minimum Gasteiger partial charge on any atom is -0.508 e. The molecule has 1 heterocycles. The van der Waals surface area contributed by atoms with Crippen molar-refractivity contribution in [3.8, 4) is 5.75 Å². The molecule has 0 unspecified atom stereocenters. The van der Waals surface area contributed by atoms with Gasteiger partial charge in [-0.15, -0.1) is 0 Å². The number of carbonyl (C=O) groups excluding carboxylic acids is 1. The Hall–Kier alpha value is -3.35. The average molecular weight is 298 g/mol. The lowest BCUT2D eigenvalue weighted by molar-refractivity contribution is -0.384. The fraction of sp³-hybridized carbons (Fsp3) is 0. The molecule has 0 aliphatic heterocycles. The van der Waals surface area contributed by atoms with Gasteiger partial charge in [-0.1, -0.05) is 0 Å². The van der Waals surface area contributed by atoms with Gasteiger partial charge in [-0.05, 0) is 30.3 Å². The van der Waals surface area contributed by atoms with Gasteiger partial charge in [0.15, 0.2) is 0 Å². The Morgan fingerprint density at radius 2 is 1.91 bits per heavy atom. The highest BCUT2D eigenvalue weighted by Crippen LogP contribution is 2.26. The highest BCUT2D eigenvalue weighted by molar-refractivity contribution is 6.12. The molecule has 0 radical (unpaired) electrons. The molecule has 3 aromatic rings. The normalized spacial score (nSPS) is 10.5. The van der Waals surface area contributed by atoms with Crippen LogP contribution in [0.5, 0.6) is 5.75 Å². The van der Waals surface area contributed by atoms with Gasteiger partial charge >= 0.3 is 0 Å². The minimum atomic E-state index is -0.534. The smallest absolute Gasteiger partial charge is 0.270 e. The van der Waals surface area contributed by atoms with E-state index in [0.717, 1.165) is 0 Å². The van der Waals surface area contributed by atoms with Gasteiger partial charge in [-0.2, -0.15) is 0 Å². The van der Waals surface area contributed by atoms with Crippen LogP contribution < -0.4 is 5.32 Å². The number of nitrogens with one attached hydrogen (secondary N) is 1. The van der Waals surface area contributed by atoms with E-state index in [2.05, 4.69) is 5.32 Å². The molecule has 2 aromatic carbocycles. The van der Waals surface area contributed by atoms with Crippen LogP contribution in [0.2, 0.25) is 0 Å². The molecule has 7 nitrogen and oxygen atoms in total. The summed E-state index contributed by atoms with van der Waals surface area (Å²) >= 11 is 0. The Morgan fingerprint density at radius 1 is 1.18 bits per heavy atom. The molecule has 110 valence electrons. The van der Waals surface area contributed by atoms with E-state index in [4.69, 9.17) is 4.42 Å². The number of hydrogen-bond acceptors (Lipinski definition) is 5. The Balaban J connectivity index is 1.95. The SMILES string of the molecule is O=C(Nc1ccc(O)cc1)c1coc2ccc([N+](=O)[O-])cc12. The second-order valence-corrected chi connectivity index (χ2v) is 4.59. The summed E-state index contributed by atoms with van der Waals surface area (Å²) in [6.07, 6.45) is 1.25. The summed E-state index contributed by atoms with van der Waals surface area (Å²) in [5, 5.41) is 23.0. The van der Waals surface area contributed by atoms with Crippen molar-refractivity contribution in [3.63, 3.8) is 0 Å². The van der Waals surface area contributed by atoms with Crippen molar-refractivity contribution in [3.05, 3.63) is 64.4 Å². The summed E-state index contributed by atoms with van der Waals surface area (Å²) in [7, 11) is 0. The number of benzene rings is 2. The number of anilines is 1. The van der Waals surface area contributed by atoms with Crippen molar-refractivity contribution in [1.82, 2.24) is 0 Å². The zero-order chi connectivity index (χ0) is 15.7. The second-order valence-electron chi connectivity index (χ2n) is 4.59. The van der Waals surface area contributed by atoms with Gasteiger partial charge in [0.25, 0.3) is 11.6 Å². The Morgan fingerprint density at radius 3 is 2.59 bits per heavy atom. The maximum Gasteiger partial charge on any atom is 0.270 e. The van der Waals surface area contributed by atoms with Crippen LogP contribution in [0.1, 0.15) is 10.4 Å². The van der Waals surface area contributed by atoms with Crippen LogP contribution in [0.25, 0.3) is 11.0 Å². The number of carbonyl (C=O) groups is 1. The zero-order valence-corrected chi connectivity index (χ0v) is 11.1.